The number of rotatable bonds is 6. The SMILES string of the molecule is CCOc1ccc(-c2cnc(C3CCNCC3)[nH]2)cc1OCC. The average molecular weight is 315 g/mol. The van der Waals surface area contributed by atoms with E-state index in [2.05, 4.69) is 15.3 Å². The summed E-state index contributed by atoms with van der Waals surface area (Å²) in [6.45, 7) is 7.34. The predicted molar refractivity (Wildman–Crippen MR) is 91.2 cm³/mol. The fraction of sp³-hybridized carbons (Fsp3) is 0.500. The van der Waals surface area contributed by atoms with Gasteiger partial charge in [-0.05, 0) is 58.0 Å². The number of ether oxygens (including phenoxy) is 2. The summed E-state index contributed by atoms with van der Waals surface area (Å²) in [5, 5.41) is 3.39. The molecule has 1 saturated heterocycles. The molecule has 0 bridgehead atoms. The van der Waals surface area contributed by atoms with Crippen LogP contribution in [-0.4, -0.2) is 36.3 Å². The van der Waals surface area contributed by atoms with Gasteiger partial charge in [0.2, 0.25) is 0 Å². The van der Waals surface area contributed by atoms with Crippen LogP contribution < -0.4 is 14.8 Å². The second-order valence-corrected chi connectivity index (χ2v) is 5.73. The number of hydrogen-bond donors (Lipinski definition) is 2. The zero-order chi connectivity index (χ0) is 16.1. The monoisotopic (exact) mass is 315 g/mol. The Labute approximate surface area is 137 Å². The van der Waals surface area contributed by atoms with E-state index >= 15 is 0 Å². The van der Waals surface area contributed by atoms with Crippen molar-refractivity contribution in [1.29, 1.82) is 0 Å². The van der Waals surface area contributed by atoms with Gasteiger partial charge in [-0.15, -0.1) is 0 Å². The third-order valence-electron chi connectivity index (χ3n) is 4.18. The summed E-state index contributed by atoms with van der Waals surface area (Å²) in [4.78, 5) is 8.08. The molecule has 1 aromatic heterocycles. The number of aromatic nitrogens is 2. The largest absolute Gasteiger partial charge is 0.490 e. The molecule has 0 aliphatic carbocycles. The van der Waals surface area contributed by atoms with Gasteiger partial charge >= 0.3 is 0 Å². The normalized spacial score (nSPS) is 15.6. The Morgan fingerprint density at radius 3 is 2.57 bits per heavy atom. The Morgan fingerprint density at radius 1 is 1.09 bits per heavy atom. The second kappa shape index (κ2) is 7.51. The van der Waals surface area contributed by atoms with Crippen molar-refractivity contribution in [2.45, 2.75) is 32.6 Å². The van der Waals surface area contributed by atoms with Crippen LogP contribution >= 0.6 is 0 Å². The summed E-state index contributed by atoms with van der Waals surface area (Å²) in [7, 11) is 0. The first-order chi connectivity index (χ1) is 11.3. The highest BCUT2D eigenvalue weighted by Gasteiger charge is 2.18. The van der Waals surface area contributed by atoms with Crippen LogP contribution in [0.3, 0.4) is 0 Å². The van der Waals surface area contributed by atoms with Gasteiger partial charge in [0.1, 0.15) is 5.82 Å². The van der Waals surface area contributed by atoms with E-state index in [0.29, 0.717) is 19.1 Å². The summed E-state index contributed by atoms with van der Waals surface area (Å²) in [5.41, 5.74) is 2.10. The smallest absolute Gasteiger partial charge is 0.161 e. The molecule has 2 heterocycles. The van der Waals surface area contributed by atoms with Gasteiger partial charge in [-0.1, -0.05) is 0 Å². The van der Waals surface area contributed by atoms with Crippen LogP contribution in [0.5, 0.6) is 11.5 Å². The molecule has 1 aliphatic heterocycles. The van der Waals surface area contributed by atoms with Gasteiger partial charge in [0.05, 0.1) is 25.1 Å². The number of imidazole rings is 1. The maximum atomic E-state index is 5.71. The van der Waals surface area contributed by atoms with Crippen molar-refractivity contribution < 1.29 is 9.47 Å². The van der Waals surface area contributed by atoms with Crippen LogP contribution in [0.15, 0.2) is 24.4 Å². The molecule has 2 N–H and O–H groups in total. The van der Waals surface area contributed by atoms with Crippen molar-refractivity contribution in [3.63, 3.8) is 0 Å². The van der Waals surface area contributed by atoms with E-state index in [9.17, 15) is 0 Å². The van der Waals surface area contributed by atoms with Crippen LogP contribution in [0.4, 0.5) is 0 Å². The fourth-order valence-electron chi connectivity index (χ4n) is 3.00. The second-order valence-electron chi connectivity index (χ2n) is 5.73. The predicted octanol–water partition coefficient (Wildman–Crippen LogP) is 3.34. The zero-order valence-corrected chi connectivity index (χ0v) is 13.9. The quantitative estimate of drug-likeness (QED) is 0.858. The molecule has 5 heteroatoms. The van der Waals surface area contributed by atoms with Crippen molar-refractivity contribution in [2.24, 2.45) is 0 Å². The minimum atomic E-state index is 0.527. The van der Waals surface area contributed by atoms with Gasteiger partial charge in [-0.25, -0.2) is 4.98 Å². The number of nitrogens with one attached hydrogen (secondary N) is 2. The highest BCUT2D eigenvalue weighted by molar-refractivity contribution is 5.63. The highest BCUT2D eigenvalue weighted by Crippen LogP contribution is 2.33. The van der Waals surface area contributed by atoms with Crippen LogP contribution in [-0.2, 0) is 0 Å². The minimum absolute atomic E-state index is 0.527. The van der Waals surface area contributed by atoms with Crippen molar-refractivity contribution in [2.75, 3.05) is 26.3 Å². The Kier molecular flexibility index (Phi) is 5.18. The molecule has 1 aromatic carbocycles. The van der Waals surface area contributed by atoms with E-state index in [1.165, 1.54) is 0 Å². The molecule has 2 aromatic rings. The summed E-state index contributed by atoms with van der Waals surface area (Å²) >= 11 is 0. The standard InChI is InChI=1S/C18H25N3O2/c1-3-22-16-6-5-14(11-17(16)23-4-2)15-12-20-18(21-15)13-7-9-19-10-8-13/h5-6,11-13,19H,3-4,7-10H2,1-2H3,(H,20,21). The molecule has 0 radical (unpaired) electrons. The van der Waals surface area contributed by atoms with Crippen LogP contribution in [0.25, 0.3) is 11.3 Å². The Morgan fingerprint density at radius 2 is 1.83 bits per heavy atom. The molecule has 0 unspecified atom stereocenters. The molecule has 1 aliphatic rings. The molecular weight excluding hydrogens is 290 g/mol. The molecular formula is C18H25N3O2. The Balaban J connectivity index is 1.83. The van der Waals surface area contributed by atoms with Gasteiger partial charge in [-0.2, -0.15) is 0 Å². The number of H-pyrrole nitrogens is 1. The summed E-state index contributed by atoms with van der Waals surface area (Å²) in [6, 6.07) is 6.04. The van der Waals surface area contributed by atoms with Crippen LogP contribution in [0.1, 0.15) is 38.4 Å². The molecule has 0 amide bonds. The number of benzene rings is 1. The van der Waals surface area contributed by atoms with Crippen molar-refractivity contribution in [3.05, 3.63) is 30.2 Å². The lowest BCUT2D eigenvalue weighted by Gasteiger charge is -2.20. The summed E-state index contributed by atoms with van der Waals surface area (Å²) in [5.74, 6) is 3.19. The average Bonchev–Trinajstić information content (AvgIpc) is 3.08. The van der Waals surface area contributed by atoms with E-state index in [4.69, 9.17) is 9.47 Å². The van der Waals surface area contributed by atoms with Crippen molar-refractivity contribution >= 4 is 0 Å². The van der Waals surface area contributed by atoms with Crippen LogP contribution in [0.2, 0.25) is 0 Å². The third kappa shape index (κ3) is 3.67. The van der Waals surface area contributed by atoms with E-state index in [0.717, 1.165) is 54.5 Å². The van der Waals surface area contributed by atoms with Crippen molar-refractivity contribution in [3.8, 4) is 22.8 Å². The first kappa shape index (κ1) is 15.9. The van der Waals surface area contributed by atoms with Gasteiger partial charge in [0.15, 0.2) is 11.5 Å². The third-order valence-corrected chi connectivity index (χ3v) is 4.18. The van der Waals surface area contributed by atoms with E-state index in [1.807, 2.05) is 38.2 Å². The minimum Gasteiger partial charge on any atom is -0.490 e. The van der Waals surface area contributed by atoms with E-state index in [-0.39, 0.29) is 0 Å². The number of hydrogen-bond acceptors (Lipinski definition) is 4. The zero-order valence-electron chi connectivity index (χ0n) is 13.9. The first-order valence-corrected chi connectivity index (χ1v) is 8.47. The molecule has 124 valence electrons. The van der Waals surface area contributed by atoms with E-state index < -0.39 is 0 Å². The van der Waals surface area contributed by atoms with Gasteiger partial charge in [0, 0.05) is 11.5 Å². The number of aromatic amines is 1. The fourth-order valence-corrected chi connectivity index (χ4v) is 3.00. The maximum Gasteiger partial charge on any atom is 0.161 e. The highest BCUT2D eigenvalue weighted by atomic mass is 16.5. The van der Waals surface area contributed by atoms with Crippen molar-refractivity contribution in [1.82, 2.24) is 15.3 Å². The van der Waals surface area contributed by atoms with Gasteiger partial charge in [-0.3, -0.25) is 0 Å². The molecule has 1 fully saturated rings. The van der Waals surface area contributed by atoms with Gasteiger partial charge in [0.25, 0.3) is 0 Å². The molecule has 0 spiro atoms. The lowest BCUT2D eigenvalue weighted by atomic mass is 9.98. The molecule has 23 heavy (non-hydrogen) atoms. The lowest BCUT2D eigenvalue weighted by molar-refractivity contribution is 0.288. The first-order valence-electron chi connectivity index (χ1n) is 8.47. The molecule has 0 saturated carbocycles. The number of piperidine rings is 1. The van der Waals surface area contributed by atoms with Gasteiger partial charge < -0.3 is 19.8 Å². The maximum absolute atomic E-state index is 5.71. The molecule has 5 nitrogen and oxygen atoms in total. The number of nitrogens with zero attached hydrogens (tertiary/aromatic N) is 1. The van der Waals surface area contributed by atoms with Crippen LogP contribution in [0, 0.1) is 0 Å². The summed E-state index contributed by atoms with van der Waals surface area (Å²) in [6.07, 6.45) is 4.20. The molecule has 3 rings (SSSR count). The van der Waals surface area contributed by atoms with E-state index in [1.54, 1.807) is 0 Å². The topological polar surface area (TPSA) is 59.2 Å². The summed E-state index contributed by atoms with van der Waals surface area (Å²) < 4.78 is 11.3. The lowest BCUT2D eigenvalue weighted by Crippen LogP contribution is -2.27. The molecule has 0 atom stereocenters. The Bertz CT molecular complexity index is 633. The Hall–Kier alpha value is -2.01.